The zero-order valence-corrected chi connectivity index (χ0v) is 19.4. The molecule has 9 heteroatoms. The lowest BCUT2D eigenvalue weighted by atomic mass is 10.1. The maximum atomic E-state index is 13.5. The summed E-state index contributed by atoms with van der Waals surface area (Å²) in [4.78, 5) is 9.46. The Morgan fingerprint density at radius 3 is 2.38 bits per heavy atom. The van der Waals surface area contributed by atoms with E-state index >= 15 is 0 Å². The molecule has 1 saturated heterocycles. The average molecular weight is 462 g/mol. The summed E-state index contributed by atoms with van der Waals surface area (Å²) in [5, 5.41) is 22.9. The fourth-order valence-corrected chi connectivity index (χ4v) is 4.22. The molecule has 3 aromatic heterocycles. The second-order valence-electron chi connectivity index (χ2n) is 9.30. The van der Waals surface area contributed by atoms with Gasteiger partial charge in [-0.15, -0.1) is 5.10 Å². The van der Waals surface area contributed by atoms with Crippen molar-refractivity contribution in [3.63, 3.8) is 0 Å². The highest BCUT2D eigenvalue weighted by Crippen LogP contribution is 2.32. The summed E-state index contributed by atoms with van der Waals surface area (Å²) in [5.74, 6) is 0.586. The minimum absolute atomic E-state index is 0.290. The van der Waals surface area contributed by atoms with Crippen LogP contribution in [0.4, 0.5) is 10.2 Å². The van der Waals surface area contributed by atoms with E-state index in [1.807, 2.05) is 36.6 Å². The monoisotopic (exact) mass is 461 g/mol. The molecule has 8 nitrogen and oxygen atoms in total. The highest BCUT2D eigenvalue weighted by molar-refractivity contribution is 5.81. The maximum Gasteiger partial charge on any atom is 0.155 e. The van der Waals surface area contributed by atoms with E-state index in [0.29, 0.717) is 11.3 Å². The summed E-state index contributed by atoms with van der Waals surface area (Å²) in [7, 11) is 0. The third-order valence-corrected chi connectivity index (χ3v) is 6.17. The van der Waals surface area contributed by atoms with Crippen molar-refractivity contribution in [2.45, 2.75) is 25.9 Å². The van der Waals surface area contributed by atoms with Gasteiger partial charge in [-0.2, -0.15) is 10.2 Å². The number of hydrogen-bond donors (Lipinski definition) is 1. The number of anilines is 1. The number of rotatable bonds is 6. The molecule has 4 aromatic rings. The van der Waals surface area contributed by atoms with Crippen molar-refractivity contribution in [2.24, 2.45) is 0 Å². The van der Waals surface area contributed by atoms with Crippen molar-refractivity contribution in [3.05, 3.63) is 60.7 Å². The van der Waals surface area contributed by atoms with Gasteiger partial charge in [-0.1, -0.05) is 0 Å². The summed E-state index contributed by atoms with van der Waals surface area (Å²) in [6, 6.07) is 12.2. The SMILES string of the molecule is CC(C)(O)CCN1CCN(c2ccc3nc(-c4ccc(F)cc4)c(-c4ccnnc4)n3n2)CC1. The number of aromatic nitrogens is 5. The molecule has 0 atom stereocenters. The topological polar surface area (TPSA) is 82.7 Å². The number of fused-ring (bicyclic) bond motifs is 1. The first kappa shape index (κ1) is 22.4. The van der Waals surface area contributed by atoms with Crippen LogP contribution in [0.2, 0.25) is 0 Å². The molecule has 0 saturated carbocycles. The molecule has 0 unspecified atom stereocenters. The van der Waals surface area contributed by atoms with Gasteiger partial charge in [0.15, 0.2) is 5.65 Å². The smallest absolute Gasteiger partial charge is 0.155 e. The van der Waals surface area contributed by atoms with Crippen LogP contribution in [0.3, 0.4) is 0 Å². The molecule has 176 valence electrons. The lowest BCUT2D eigenvalue weighted by Gasteiger charge is -2.36. The molecule has 0 bridgehead atoms. The Bertz CT molecular complexity index is 1260. The van der Waals surface area contributed by atoms with Crippen LogP contribution in [0.25, 0.3) is 28.2 Å². The Labute approximate surface area is 197 Å². The molecule has 34 heavy (non-hydrogen) atoms. The summed E-state index contributed by atoms with van der Waals surface area (Å²) < 4.78 is 15.4. The standard InChI is InChI=1S/C25H28FN7O/c1-25(2,34)10-12-31-13-15-32(16-14-31)22-8-7-21-29-23(18-3-5-20(26)6-4-18)24(33(21)30-22)19-9-11-27-28-17-19/h3-9,11,17,34H,10,12-16H2,1-2H3. The van der Waals surface area contributed by atoms with Gasteiger partial charge in [0, 0.05) is 43.9 Å². The maximum absolute atomic E-state index is 13.5. The summed E-state index contributed by atoms with van der Waals surface area (Å²) >= 11 is 0. The highest BCUT2D eigenvalue weighted by atomic mass is 19.1. The van der Waals surface area contributed by atoms with Crippen molar-refractivity contribution in [1.29, 1.82) is 0 Å². The largest absolute Gasteiger partial charge is 0.390 e. The number of imidazole rings is 1. The molecular weight excluding hydrogens is 433 g/mol. The average Bonchev–Trinajstić information content (AvgIpc) is 3.22. The molecule has 0 aliphatic carbocycles. The second kappa shape index (κ2) is 9.08. The number of benzene rings is 1. The van der Waals surface area contributed by atoms with Crippen LogP contribution in [0, 0.1) is 5.82 Å². The van der Waals surface area contributed by atoms with E-state index in [-0.39, 0.29) is 5.82 Å². The van der Waals surface area contributed by atoms with E-state index in [2.05, 4.69) is 20.0 Å². The molecule has 0 spiro atoms. The molecule has 1 N–H and O–H groups in total. The van der Waals surface area contributed by atoms with Gasteiger partial charge in [-0.3, -0.25) is 4.90 Å². The van der Waals surface area contributed by atoms with Crippen molar-refractivity contribution in [3.8, 4) is 22.5 Å². The molecule has 1 aliphatic heterocycles. The van der Waals surface area contributed by atoms with E-state index in [1.54, 1.807) is 24.5 Å². The Kier molecular flexibility index (Phi) is 5.97. The lowest BCUT2D eigenvalue weighted by Crippen LogP contribution is -2.47. The third-order valence-electron chi connectivity index (χ3n) is 6.17. The molecule has 1 aliphatic rings. The minimum Gasteiger partial charge on any atom is -0.390 e. The third kappa shape index (κ3) is 4.76. The zero-order chi connectivity index (χ0) is 23.7. The molecule has 1 fully saturated rings. The van der Waals surface area contributed by atoms with Gasteiger partial charge in [0.05, 0.1) is 23.7 Å². The first-order valence-corrected chi connectivity index (χ1v) is 11.5. The van der Waals surface area contributed by atoms with Crippen LogP contribution in [-0.2, 0) is 0 Å². The van der Waals surface area contributed by atoms with Crippen molar-refractivity contribution >= 4 is 11.5 Å². The molecule has 0 amide bonds. The van der Waals surface area contributed by atoms with Gasteiger partial charge in [-0.25, -0.2) is 13.9 Å². The number of halogens is 1. The van der Waals surface area contributed by atoms with Gasteiger partial charge in [0.2, 0.25) is 0 Å². The first-order chi connectivity index (χ1) is 16.4. The fourth-order valence-electron chi connectivity index (χ4n) is 4.22. The molecule has 0 radical (unpaired) electrons. The number of aliphatic hydroxyl groups is 1. The number of nitrogens with zero attached hydrogens (tertiary/aromatic N) is 7. The molecule has 4 heterocycles. The Morgan fingerprint density at radius 2 is 1.71 bits per heavy atom. The predicted molar refractivity (Wildman–Crippen MR) is 129 cm³/mol. The molecule has 1 aromatic carbocycles. The Hall–Kier alpha value is -3.43. The minimum atomic E-state index is -0.647. The first-order valence-electron chi connectivity index (χ1n) is 11.5. The van der Waals surface area contributed by atoms with Gasteiger partial charge in [0.25, 0.3) is 0 Å². The fraction of sp³-hybridized carbons (Fsp3) is 0.360. The lowest BCUT2D eigenvalue weighted by molar-refractivity contribution is 0.0568. The summed E-state index contributed by atoms with van der Waals surface area (Å²) in [5.41, 5.74) is 3.21. The zero-order valence-electron chi connectivity index (χ0n) is 19.4. The number of hydrogen-bond acceptors (Lipinski definition) is 7. The Morgan fingerprint density at radius 1 is 0.941 bits per heavy atom. The van der Waals surface area contributed by atoms with Gasteiger partial charge < -0.3 is 10.0 Å². The van der Waals surface area contributed by atoms with Crippen LogP contribution in [0.15, 0.2) is 54.9 Å². The van der Waals surface area contributed by atoms with Gasteiger partial charge >= 0.3 is 0 Å². The van der Waals surface area contributed by atoms with E-state index in [9.17, 15) is 9.50 Å². The Balaban J connectivity index is 1.47. The quantitative estimate of drug-likeness (QED) is 0.472. The van der Waals surface area contributed by atoms with Crippen LogP contribution in [-0.4, -0.2) is 73.1 Å². The summed E-state index contributed by atoms with van der Waals surface area (Å²) in [6.45, 7) is 8.13. The van der Waals surface area contributed by atoms with E-state index < -0.39 is 5.60 Å². The second-order valence-corrected chi connectivity index (χ2v) is 9.30. The molecular formula is C25H28FN7O. The van der Waals surface area contributed by atoms with Crippen LogP contribution >= 0.6 is 0 Å². The predicted octanol–water partition coefficient (Wildman–Crippen LogP) is 3.28. The summed E-state index contributed by atoms with van der Waals surface area (Å²) in [6.07, 6.45) is 4.08. The number of piperazine rings is 1. The van der Waals surface area contributed by atoms with E-state index in [1.165, 1.54) is 12.1 Å². The van der Waals surface area contributed by atoms with Crippen molar-refractivity contribution in [2.75, 3.05) is 37.6 Å². The normalized spacial score (nSPS) is 15.2. The van der Waals surface area contributed by atoms with Crippen LogP contribution in [0.5, 0.6) is 0 Å². The molecule has 5 rings (SSSR count). The van der Waals surface area contributed by atoms with E-state index in [0.717, 1.165) is 61.8 Å². The highest BCUT2D eigenvalue weighted by Gasteiger charge is 2.23. The van der Waals surface area contributed by atoms with Crippen LogP contribution in [0.1, 0.15) is 20.3 Å². The van der Waals surface area contributed by atoms with E-state index in [4.69, 9.17) is 10.1 Å². The van der Waals surface area contributed by atoms with Crippen molar-refractivity contribution in [1.82, 2.24) is 29.7 Å². The van der Waals surface area contributed by atoms with Gasteiger partial charge in [-0.05, 0) is 62.7 Å². The van der Waals surface area contributed by atoms with Crippen LogP contribution < -0.4 is 4.90 Å². The van der Waals surface area contributed by atoms with Gasteiger partial charge in [0.1, 0.15) is 17.3 Å². The van der Waals surface area contributed by atoms with Crippen molar-refractivity contribution < 1.29 is 9.50 Å².